The van der Waals surface area contributed by atoms with E-state index in [0.717, 1.165) is 47.3 Å². The highest BCUT2D eigenvalue weighted by atomic mass is 14.2. The van der Waals surface area contributed by atoms with Crippen LogP contribution in [0.25, 0.3) is 0 Å². The van der Waals surface area contributed by atoms with Crippen molar-refractivity contribution in [2.24, 2.45) is 47.3 Å². The van der Waals surface area contributed by atoms with Crippen molar-refractivity contribution in [1.29, 1.82) is 0 Å². The number of hydrogen-bond acceptors (Lipinski definition) is 0. The molecule has 118 heavy (non-hydrogen) atoms. The summed E-state index contributed by atoms with van der Waals surface area (Å²) in [4.78, 5) is 0. The average molecular weight is 1680 g/mol. The van der Waals surface area contributed by atoms with Crippen LogP contribution < -0.4 is 0 Å². The molecule has 2 fully saturated rings. The first-order valence-electron chi connectivity index (χ1n) is 57.4. The van der Waals surface area contributed by atoms with Crippen LogP contribution in [0.5, 0.6) is 0 Å². The van der Waals surface area contributed by atoms with E-state index in [2.05, 4.69) is 222 Å². The van der Waals surface area contributed by atoms with Gasteiger partial charge in [-0.15, -0.1) is 0 Å². The van der Waals surface area contributed by atoms with Gasteiger partial charge in [0.2, 0.25) is 0 Å². The zero-order chi connectivity index (χ0) is 91.8. The van der Waals surface area contributed by atoms with Gasteiger partial charge < -0.3 is 0 Å². The molecule has 0 nitrogen and oxygen atoms in total. The maximum absolute atomic E-state index is 2.33. The van der Waals surface area contributed by atoms with Gasteiger partial charge in [-0.1, -0.05) is 716 Å². The second kappa shape index (κ2) is 151. The summed E-state index contributed by atoms with van der Waals surface area (Å²) in [5.41, 5.74) is 0. The Morgan fingerprint density at radius 1 is 0.110 bits per heavy atom. The summed E-state index contributed by atoms with van der Waals surface area (Å²) in [5.74, 6) is 8.02. The molecule has 0 saturated heterocycles. The zero-order valence-electron chi connectivity index (χ0n) is 91.8. The molecule has 0 aromatic rings. The third kappa shape index (κ3) is 160. The van der Waals surface area contributed by atoms with Crippen LogP contribution in [-0.4, -0.2) is 0 Å². The van der Waals surface area contributed by atoms with E-state index in [1.54, 1.807) is 0 Å². The molecule has 2 aliphatic carbocycles. The first-order valence-corrected chi connectivity index (χ1v) is 57.4. The minimum Gasteiger partial charge on any atom is -0.0656 e. The van der Waals surface area contributed by atoms with Gasteiger partial charge in [-0.3, -0.25) is 0 Å². The van der Waals surface area contributed by atoms with Crippen LogP contribution in [0.1, 0.15) is 722 Å². The Morgan fingerprint density at radius 3 is 0.381 bits per heavy atom. The van der Waals surface area contributed by atoms with Crippen LogP contribution in [0.2, 0.25) is 0 Å². The topological polar surface area (TPSA) is 0 Å². The Balaban J connectivity index is -0.000000103. The van der Waals surface area contributed by atoms with Gasteiger partial charge in [-0.2, -0.15) is 0 Å². The highest BCUT2D eigenvalue weighted by Gasteiger charge is 2.11. The third-order valence-corrected chi connectivity index (χ3v) is 25.9. The zero-order valence-corrected chi connectivity index (χ0v) is 91.8. The monoisotopic (exact) mass is 1680 g/mol. The van der Waals surface area contributed by atoms with Crippen molar-refractivity contribution >= 4 is 0 Å². The number of hydrogen-bond donors (Lipinski definition) is 0. The summed E-state index contributed by atoms with van der Waals surface area (Å²) in [6, 6.07) is 0. The van der Waals surface area contributed by atoms with E-state index in [9.17, 15) is 0 Å². The number of unbranched alkanes of at least 4 members (excludes halogenated alkanes) is 29. The van der Waals surface area contributed by atoms with E-state index in [-0.39, 0.29) is 0 Å². The molecule has 2 rings (SSSR count). The van der Waals surface area contributed by atoms with Gasteiger partial charge in [0.25, 0.3) is 0 Å². The van der Waals surface area contributed by atoms with Crippen molar-refractivity contribution in [2.45, 2.75) is 722 Å². The van der Waals surface area contributed by atoms with E-state index in [1.165, 1.54) is 501 Å². The molecule has 0 spiro atoms. The first kappa shape index (κ1) is 144. The minimum absolute atomic E-state index is 0.986. The predicted octanol–water partition coefficient (Wildman–Crippen LogP) is 47.8. The molecule has 0 heterocycles. The molecule has 732 valence electrons. The Morgan fingerprint density at radius 2 is 0.237 bits per heavy atom. The summed E-state index contributed by atoms with van der Waals surface area (Å²) < 4.78 is 0. The maximum Gasteiger partial charge on any atom is -0.0414 e. The lowest BCUT2D eigenvalue weighted by atomic mass is 9.88. The van der Waals surface area contributed by atoms with Crippen molar-refractivity contribution in [2.75, 3.05) is 0 Å². The maximum atomic E-state index is 2.33. The van der Waals surface area contributed by atoms with E-state index in [1.807, 2.05) is 0 Å². The number of rotatable bonds is 60. The molecule has 2 aliphatic rings. The van der Waals surface area contributed by atoms with E-state index in [4.69, 9.17) is 0 Å². The molecular formula is C118H260. The Hall–Kier alpha value is 0. The Labute approximate surface area is 765 Å². The van der Waals surface area contributed by atoms with Gasteiger partial charge in [0.1, 0.15) is 0 Å². The molecule has 0 bridgehead atoms. The smallest absolute Gasteiger partial charge is 0.0414 e. The fraction of sp³-hybridized carbons (Fsp3) is 1.00. The van der Waals surface area contributed by atoms with Crippen molar-refractivity contribution < 1.29 is 0 Å². The molecule has 0 atom stereocenters. The third-order valence-electron chi connectivity index (χ3n) is 25.9. The van der Waals surface area contributed by atoms with Crippen LogP contribution in [0, 0.1) is 47.3 Å². The summed E-state index contributed by atoms with van der Waals surface area (Å²) in [6.45, 7) is 72.6. The summed E-state index contributed by atoms with van der Waals surface area (Å²) in [6.07, 6.45) is 111. The van der Waals surface area contributed by atoms with Crippen LogP contribution >= 0.6 is 0 Å². The second-order valence-electron chi connectivity index (χ2n) is 37.3. The van der Waals surface area contributed by atoms with Gasteiger partial charge in [-0.05, 0) is 53.8 Å². The molecule has 0 aromatic heterocycles. The fourth-order valence-electron chi connectivity index (χ4n) is 15.6. The van der Waals surface area contributed by atoms with Gasteiger partial charge in [0.05, 0.1) is 0 Å². The average Bonchev–Trinajstić information content (AvgIpc) is 0.987. The Kier molecular flexibility index (Phi) is 184. The van der Waals surface area contributed by atoms with Gasteiger partial charge in [0, 0.05) is 0 Å². The quantitative estimate of drug-likeness (QED) is 0.0533. The molecule has 2 saturated carbocycles. The molecule has 0 radical (unpaired) electrons. The highest BCUT2D eigenvalue weighted by Crippen LogP contribution is 2.26. The lowest BCUT2D eigenvalue weighted by molar-refractivity contribution is 0.338. The summed E-state index contributed by atoms with van der Waals surface area (Å²) in [5, 5.41) is 0. The van der Waals surface area contributed by atoms with Crippen molar-refractivity contribution in [1.82, 2.24) is 0 Å². The molecule has 0 aromatic carbocycles. The van der Waals surface area contributed by atoms with E-state index >= 15 is 0 Å². The van der Waals surface area contributed by atoms with Crippen LogP contribution in [0.3, 0.4) is 0 Å². The SMILES string of the molecule is C1CCCCC1.C1CCCCCCC1.CCC.CCC(CC)CC.CCC(CC)CC.CCC(CC)CC(CC)CC.CCCCC.CCCCC(CC)CC.CCCCC(CC)CCCC.CCCCC(CCCC)CCCC.CCCCCCC.CCCCCCC(CC)CC.CCCCCCCCC.CCCCCCCCCCC. The van der Waals surface area contributed by atoms with Gasteiger partial charge in [0.15, 0.2) is 0 Å². The van der Waals surface area contributed by atoms with Crippen molar-refractivity contribution in [3.05, 3.63) is 0 Å². The summed E-state index contributed by atoms with van der Waals surface area (Å²) >= 11 is 0. The Bertz CT molecular complexity index is 1210. The molecule has 0 amide bonds. The van der Waals surface area contributed by atoms with Crippen LogP contribution in [-0.2, 0) is 0 Å². The van der Waals surface area contributed by atoms with Crippen LogP contribution in [0.15, 0.2) is 0 Å². The highest BCUT2D eigenvalue weighted by molar-refractivity contribution is 4.64. The molecule has 0 unspecified atom stereocenters. The van der Waals surface area contributed by atoms with E-state index < -0.39 is 0 Å². The van der Waals surface area contributed by atoms with Gasteiger partial charge >= 0.3 is 0 Å². The van der Waals surface area contributed by atoms with Crippen LogP contribution in [0.4, 0.5) is 0 Å². The molecule has 0 N–H and O–H groups in total. The normalized spacial score (nSPS) is 12.0. The molecule has 0 heteroatoms. The molecular weight excluding hydrogens is 1420 g/mol. The predicted molar refractivity (Wildman–Crippen MR) is 570 cm³/mol. The second-order valence-corrected chi connectivity index (χ2v) is 37.3. The van der Waals surface area contributed by atoms with Crippen molar-refractivity contribution in [3.63, 3.8) is 0 Å². The molecule has 0 aliphatic heterocycles. The fourth-order valence-corrected chi connectivity index (χ4v) is 15.6. The lowest BCUT2D eigenvalue weighted by Crippen LogP contribution is -2.05. The van der Waals surface area contributed by atoms with Gasteiger partial charge in [-0.25, -0.2) is 0 Å². The van der Waals surface area contributed by atoms with E-state index in [0.29, 0.717) is 0 Å². The lowest BCUT2D eigenvalue weighted by Gasteiger charge is -2.18. The standard InChI is InChI=1S/C13H28.4C11H24.2C9H20.C8H16.3C7H16.C6H12.C5H12.C3H8/c1-4-7-10-13(11-8-5-2)12-9-6-3;1-5-10(6-2)9-11(7-3)8-4;1-4-7-8-9-10-11(5-2)6-3;1-4-7-9-11(6-3)10-8-5-2;1-3-5-7-9-11-10-8-6-4-2;1-4-7-8-9(5-2)6-3;1-3-5-7-9-8-6-4-2;1-2-4-6-8-7-5-3-1;2*1-4-7(5-2)6-3;1-3-5-7-6-4-2;1-2-4-6-5-3-1;1-3-5-4-2;1-3-2/h13H,4-12H2,1-3H3;10-11H,5-9H2,1-4H3;2*11H,4-10H2,1-3H3;3-11H2,1-2H3;9H,4-8H2,1-3H3;3-9H2,1-2H3;1-8H2;2*7H,4-6H2,1-3H3;3-7H2,1-2H3;1-6H2;3-5H2,1-2H3;3H2,1-2H3. The summed E-state index contributed by atoms with van der Waals surface area (Å²) in [7, 11) is 0. The largest absolute Gasteiger partial charge is 0.0656 e. The van der Waals surface area contributed by atoms with Crippen molar-refractivity contribution in [3.8, 4) is 0 Å². The minimum atomic E-state index is 0.986. The first-order chi connectivity index (χ1) is 57.4.